The van der Waals surface area contributed by atoms with E-state index < -0.39 is 16.9 Å². The van der Waals surface area contributed by atoms with Crippen LogP contribution in [0.5, 0.6) is 0 Å². The van der Waals surface area contributed by atoms with E-state index in [1.807, 2.05) is 26.6 Å². The van der Waals surface area contributed by atoms with Gasteiger partial charge < -0.3 is 18.6 Å². The third-order valence-corrected chi connectivity index (χ3v) is 7.05. The second-order valence-electron chi connectivity index (χ2n) is 6.77. The summed E-state index contributed by atoms with van der Waals surface area (Å²) in [5, 5.41) is 3.15. The van der Waals surface area contributed by atoms with Gasteiger partial charge in [0.15, 0.2) is 0 Å². The van der Waals surface area contributed by atoms with Gasteiger partial charge in [0.05, 0.1) is 6.54 Å². The van der Waals surface area contributed by atoms with Crippen molar-refractivity contribution in [1.82, 2.24) is 5.32 Å². The molecule has 0 heterocycles. The van der Waals surface area contributed by atoms with Crippen molar-refractivity contribution < 1.29 is 18.1 Å². The van der Waals surface area contributed by atoms with E-state index in [1.54, 1.807) is 0 Å². The number of carbonyl (C=O) groups excluding carboxylic acids is 1. The lowest BCUT2D eigenvalue weighted by molar-refractivity contribution is -0.134. The van der Waals surface area contributed by atoms with Gasteiger partial charge in [-0.25, -0.2) is 0 Å². The van der Waals surface area contributed by atoms with Gasteiger partial charge >= 0.3 is 14.5 Å². The van der Waals surface area contributed by atoms with E-state index in [9.17, 15) is 4.79 Å². The third-order valence-electron chi connectivity index (χ3n) is 3.15. The van der Waals surface area contributed by atoms with Gasteiger partial charge in [-0.05, 0) is 65.5 Å². The molecule has 0 bridgehead atoms. The van der Waals surface area contributed by atoms with E-state index in [4.69, 9.17) is 13.3 Å². The van der Waals surface area contributed by atoms with Crippen LogP contribution in [-0.4, -0.2) is 48.6 Å². The van der Waals surface area contributed by atoms with E-state index in [2.05, 4.69) is 25.7 Å². The Kier molecular flexibility index (Phi) is 10.4. The number of nitrogens with one attached hydrogen (secondary N) is 1. The average molecular weight is 350 g/mol. The minimum atomic E-state index is -2.10. The number of rotatable bonds is 12. The lowest BCUT2D eigenvalue weighted by atomic mass is 10.3. The molecule has 2 unspecified atom stereocenters. The summed E-state index contributed by atoms with van der Waals surface area (Å²) in [6, 6.07) is 0.932. The quantitative estimate of drug-likeness (QED) is 0.433. The highest BCUT2D eigenvalue weighted by Gasteiger charge is 2.32. The molecule has 0 aliphatic carbocycles. The van der Waals surface area contributed by atoms with Crippen molar-refractivity contribution in [3.05, 3.63) is 0 Å². The molecule has 0 aliphatic heterocycles. The van der Waals surface area contributed by atoms with Crippen LogP contribution in [0.2, 0.25) is 32.2 Å². The predicted molar refractivity (Wildman–Crippen MR) is 95.8 cm³/mol. The first-order valence-corrected chi connectivity index (χ1v) is 14.3. The van der Waals surface area contributed by atoms with Crippen molar-refractivity contribution in [1.29, 1.82) is 0 Å². The maximum absolute atomic E-state index is 11.6. The zero-order chi connectivity index (χ0) is 17.2. The molecule has 2 atom stereocenters. The van der Waals surface area contributed by atoms with E-state index in [1.165, 1.54) is 0 Å². The van der Waals surface area contributed by atoms with Crippen molar-refractivity contribution in [2.24, 2.45) is 0 Å². The largest absolute Gasteiger partial charge is 0.519 e. The van der Waals surface area contributed by atoms with Crippen molar-refractivity contribution >= 4 is 22.8 Å². The zero-order valence-corrected chi connectivity index (χ0v) is 17.5. The zero-order valence-electron chi connectivity index (χ0n) is 15.5. The maximum Gasteiger partial charge on any atom is 0.335 e. The first-order valence-electron chi connectivity index (χ1n) is 8.36. The fraction of sp³-hybridized carbons (Fsp3) is 0.933. The van der Waals surface area contributed by atoms with Crippen LogP contribution in [0.15, 0.2) is 0 Å². The molecule has 0 aromatic rings. The summed E-state index contributed by atoms with van der Waals surface area (Å²) in [7, 11) is -3.87. The van der Waals surface area contributed by atoms with Crippen LogP contribution in [0.25, 0.3) is 0 Å². The summed E-state index contributed by atoms with van der Waals surface area (Å²) in [6.45, 7) is 16.1. The Bertz CT molecular complexity index is 323. The molecule has 0 saturated carbocycles. The van der Waals surface area contributed by atoms with Gasteiger partial charge in [-0.2, -0.15) is 0 Å². The molecule has 1 N–H and O–H groups in total. The Hall–Kier alpha value is -0.216. The van der Waals surface area contributed by atoms with Crippen LogP contribution in [0, 0.1) is 0 Å². The molecule has 0 radical (unpaired) electrons. The number of hydrogen-bond donors (Lipinski definition) is 1. The van der Waals surface area contributed by atoms with Gasteiger partial charge in [-0.3, -0.25) is 4.79 Å². The Morgan fingerprint density at radius 3 is 2.32 bits per heavy atom. The smallest absolute Gasteiger partial charge is 0.335 e. The fourth-order valence-corrected chi connectivity index (χ4v) is 5.61. The molecular formula is C15H35NO4Si2. The molecule has 0 fully saturated rings. The lowest BCUT2D eigenvalue weighted by Crippen LogP contribution is -2.42. The minimum Gasteiger partial charge on any atom is -0.519 e. The highest BCUT2D eigenvalue weighted by molar-refractivity contribution is 6.71. The lowest BCUT2D eigenvalue weighted by Gasteiger charge is -2.29. The van der Waals surface area contributed by atoms with Crippen LogP contribution in [0.3, 0.4) is 0 Å². The molecule has 0 aromatic heterocycles. The standard InChI is InChI=1S/C15H35NO4Si2/c1-8-14(3)19-22(7,18-9-2)12-10-11-16-13-15(17)20-21(4,5)6/h14,16H,8-13H2,1-7H3. The van der Waals surface area contributed by atoms with Gasteiger partial charge in [-0.1, -0.05) is 6.92 Å². The van der Waals surface area contributed by atoms with Crippen molar-refractivity contribution in [3.63, 3.8) is 0 Å². The van der Waals surface area contributed by atoms with Gasteiger partial charge in [0.1, 0.15) is 0 Å². The summed E-state index contributed by atoms with van der Waals surface area (Å²) < 4.78 is 17.4. The molecular weight excluding hydrogens is 314 g/mol. The molecule has 0 rings (SSSR count). The van der Waals surface area contributed by atoms with Crippen LogP contribution in [-0.2, 0) is 18.1 Å². The molecule has 22 heavy (non-hydrogen) atoms. The van der Waals surface area contributed by atoms with Crippen molar-refractivity contribution in [2.45, 2.75) is 71.9 Å². The Labute approximate surface area is 138 Å². The van der Waals surface area contributed by atoms with E-state index in [-0.39, 0.29) is 18.6 Å². The Balaban J connectivity index is 4.01. The van der Waals surface area contributed by atoms with E-state index in [0.717, 1.165) is 25.4 Å². The van der Waals surface area contributed by atoms with Crippen LogP contribution in [0.1, 0.15) is 33.6 Å². The van der Waals surface area contributed by atoms with Crippen LogP contribution < -0.4 is 5.32 Å². The predicted octanol–water partition coefficient (Wildman–Crippen LogP) is 3.27. The molecule has 0 amide bonds. The highest BCUT2D eigenvalue weighted by atomic mass is 28.4. The first kappa shape index (κ1) is 21.8. The molecule has 0 saturated heterocycles. The molecule has 0 aliphatic rings. The first-order chi connectivity index (χ1) is 10.1. The Morgan fingerprint density at radius 2 is 1.82 bits per heavy atom. The topological polar surface area (TPSA) is 56.8 Å². The maximum atomic E-state index is 11.6. The van der Waals surface area contributed by atoms with Crippen molar-refractivity contribution in [3.8, 4) is 0 Å². The summed E-state index contributed by atoms with van der Waals surface area (Å²) in [6.07, 6.45) is 2.18. The second kappa shape index (κ2) is 10.5. The van der Waals surface area contributed by atoms with Crippen LogP contribution >= 0.6 is 0 Å². The third kappa shape index (κ3) is 11.4. The monoisotopic (exact) mass is 349 g/mol. The molecule has 0 aromatic carbocycles. The van der Waals surface area contributed by atoms with Crippen molar-refractivity contribution in [2.75, 3.05) is 19.7 Å². The van der Waals surface area contributed by atoms with Crippen LogP contribution in [0.4, 0.5) is 0 Å². The summed E-state index contributed by atoms with van der Waals surface area (Å²) in [5.41, 5.74) is 0. The van der Waals surface area contributed by atoms with Gasteiger partial charge in [-0.15, -0.1) is 0 Å². The van der Waals surface area contributed by atoms with Gasteiger partial charge in [0, 0.05) is 12.7 Å². The Morgan fingerprint density at radius 1 is 1.18 bits per heavy atom. The summed E-state index contributed by atoms with van der Waals surface area (Å²) in [5.74, 6) is -0.153. The molecule has 5 nitrogen and oxygen atoms in total. The molecule has 0 spiro atoms. The number of carbonyl (C=O) groups is 1. The second-order valence-corrected chi connectivity index (χ2v) is 14.5. The summed E-state index contributed by atoms with van der Waals surface area (Å²) in [4.78, 5) is 11.6. The summed E-state index contributed by atoms with van der Waals surface area (Å²) >= 11 is 0. The normalized spacial score (nSPS) is 16.1. The van der Waals surface area contributed by atoms with Gasteiger partial charge in [0.25, 0.3) is 0 Å². The van der Waals surface area contributed by atoms with E-state index >= 15 is 0 Å². The highest BCUT2D eigenvalue weighted by Crippen LogP contribution is 2.18. The number of hydrogen-bond acceptors (Lipinski definition) is 5. The molecule has 132 valence electrons. The van der Waals surface area contributed by atoms with E-state index in [0.29, 0.717) is 6.61 Å². The van der Waals surface area contributed by atoms with Gasteiger partial charge in [0.2, 0.25) is 8.32 Å². The molecule has 7 heteroatoms. The minimum absolute atomic E-state index is 0.153. The average Bonchev–Trinajstić information content (AvgIpc) is 2.36. The fourth-order valence-electron chi connectivity index (χ4n) is 2.08. The SMILES string of the molecule is CCO[Si](C)(CCCNCC(=O)O[Si](C)(C)C)OC(C)CC.